The molecule has 1 heterocycles. The van der Waals surface area contributed by atoms with Crippen LogP contribution in [0.2, 0.25) is 5.02 Å². The number of hydrogen-bond donors (Lipinski definition) is 0. The summed E-state index contributed by atoms with van der Waals surface area (Å²) in [6, 6.07) is 5.34. The monoisotopic (exact) mass is 442 g/mol. The van der Waals surface area contributed by atoms with E-state index in [0.717, 1.165) is 0 Å². The largest absolute Gasteiger partial charge is 0.345 e. The van der Waals surface area contributed by atoms with E-state index in [9.17, 15) is 23.3 Å². The average molecular weight is 443 g/mol. The Bertz CT molecular complexity index is 1030. The maximum absolute atomic E-state index is 12.9. The van der Waals surface area contributed by atoms with Crippen LogP contribution in [0.5, 0.6) is 0 Å². The summed E-state index contributed by atoms with van der Waals surface area (Å²) in [6.07, 6.45) is 1.40. The minimum atomic E-state index is -3.70. The first-order valence-electron chi connectivity index (χ1n) is 8.87. The normalized spacial score (nSPS) is 11.7. The van der Waals surface area contributed by atoms with Crippen LogP contribution in [-0.2, 0) is 23.6 Å². The fourth-order valence-electron chi connectivity index (χ4n) is 2.92. The molecular formula is C18H23ClN4O5S. The maximum atomic E-state index is 12.9. The van der Waals surface area contributed by atoms with Gasteiger partial charge >= 0.3 is 0 Å². The Hall–Kier alpha value is -2.43. The van der Waals surface area contributed by atoms with E-state index < -0.39 is 20.9 Å². The highest BCUT2D eigenvalue weighted by atomic mass is 35.5. The summed E-state index contributed by atoms with van der Waals surface area (Å²) in [7, 11) is -0.594. The molecule has 0 aliphatic heterocycles. The number of non-ortho nitro benzene ring substituents is 1. The zero-order chi connectivity index (χ0) is 21.9. The Morgan fingerprint density at radius 1 is 1.24 bits per heavy atom. The summed E-state index contributed by atoms with van der Waals surface area (Å²) in [4.78, 5) is 24.7. The number of carbonyl (C=O) groups is 1. The van der Waals surface area contributed by atoms with E-state index in [0.29, 0.717) is 23.7 Å². The van der Waals surface area contributed by atoms with Gasteiger partial charge in [0.15, 0.2) is 0 Å². The highest BCUT2D eigenvalue weighted by Crippen LogP contribution is 2.24. The zero-order valence-electron chi connectivity index (χ0n) is 16.6. The van der Waals surface area contributed by atoms with Crippen molar-refractivity contribution in [1.82, 2.24) is 13.8 Å². The Kier molecular flexibility index (Phi) is 7.04. The number of nitro benzene ring substituents is 1. The van der Waals surface area contributed by atoms with Crippen LogP contribution in [-0.4, -0.2) is 53.2 Å². The lowest BCUT2D eigenvalue weighted by atomic mass is 10.2. The number of hydrogen-bond acceptors (Lipinski definition) is 5. The molecule has 0 aliphatic rings. The van der Waals surface area contributed by atoms with Crippen molar-refractivity contribution in [3.05, 3.63) is 56.9 Å². The summed E-state index contributed by atoms with van der Waals surface area (Å²) < 4.78 is 28.1. The Morgan fingerprint density at radius 2 is 1.86 bits per heavy atom. The second-order valence-corrected chi connectivity index (χ2v) is 8.80. The molecule has 29 heavy (non-hydrogen) atoms. The molecule has 0 spiro atoms. The zero-order valence-corrected chi connectivity index (χ0v) is 18.2. The first-order chi connectivity index (χ1) is 13.5. The molecule has 9 nitrogen and oxygen atoms in total. The van der Waals surface area contributed by atoms with Crippen LogP contribution < -0.4 is 0 Å². The van der Waals surface area contributed by atoms with Crippen molar-refractivity contribution in [2.75, 3.05) is 20.1 Å². The van der Waals surface area contributed by atoms with E-state index >= 15 is 0 Å². The van der Waals surface area contributed by atoms with Crippen LogP contribution in [0.4, 0.5) is 5.69 Å². The molecule has 1 aromatic heterocycles. The average Bonchev–Trinajstić information content (AvgIpc) is 3.05. The molecule has 0 N–H and O–H groups in total. The van der Waals surface area contributed by atoms with Crippen molar-refractivity contribution in [3.63, 3.8) is 0 Å². The van der Waals surface area contributed by atoms with E-state index in [1.165, 1.54) is 51.3 Å². The summed E-state index contributed by atoms with van der Waals surface area (Å²) in [6.45, 7) is 4.16. The molecule has 0 radical (unpaired) electrons. The van der Waals surface area contributed by atoms with Gasteiger partial charge in [0.1, 0.15) is 10.6 Å². The lowest BCUT2D eigenvalue weighted by molar-refractivity contribution is -0.384. The number of aryl methyl sites for hydroxylation is 1. The first kappa shape index (κ1) is 22.9. The van der Waals surface area contributed by atoms with Crippen molar-refractivity contribution in [1.29, 1.82) is 0 Å². The minimum absolute atomic E-state index is 0.0304. The van der Waals surface area contributed by atoms with E-state index in [2.05, 4.69) is 0 Å². The summed E-state index contributed by atoms with van der Waals surface area (Å²) in [5.74, 6) is -0.434. The maximum Gasteiger partial charge on any atom is 0.270 e. The number of nitro groups is 1. The van der Waals surface area contributed by atoms with Crippen LogP contribution in [0.1, 0.15) is 29.9 Å². The van der Waals surface area contributed by atoms with Crippen LogP contribution in [0.15, 0.2) is 35.4 Å². The van der Waals surface area contributed by atoms with Gasteiger partial charge in [-0.1, -0.05) is 25.4 Å². The van der Waals surface area contributed by atoms with Crippen molar-refractivity contribution in [2.45, 2.75) is 25.3 Å². The molecular weight excluding hydrogens is 420 g/mol. The fraction of sp³-hybridized carbons (Fsp3) is 0.389. The molecule has 0 atom stereocenters. The summed E-state index contributed by atoms with van der Waals surface area (Å²) in [5, 5.41) is 11.3. The lowest BCUT2D eigenvalue weighted by Crippen LogP contribution is -2.30. The van der Waals surface area contributed by atoms with Crippen LogP contribution in [0, 0.1) is 10.1 Å². The second kappa shape index (κ2) is 8.93. The van der Waals surface area contributed by atoms with Crippen LogP contribution in [0.3, 0.4) is 0 Å². The molecule has 0 unspecified atom stereocenters. The van der Waals surface area contributed by atoms with Gasteiger partial charge < -0.3 is 9.47 Å². The number of carbonyl (C=O) groups excluding carboxylic acids is 1. The molecule has 1 amide bonds. The summed E-state index contributed by atoms with van der Waals surface area (Å²) >= 11 is 6.11. The van der Waals surface area contributed by atoms with Crippen molar-refractivity contribution in [3.8, 4) is 0 Å². The van der Waals surface area contributed by atoms with Gasteiger partial charge in [-0.25, -0.2) is 8.42 Å². The third-order valence-electron chi connectivity index (χ3n) is 4.54. The number of amides is 1. The molecule has 0 bridgehead atoms. The van der Waals surface area contributed by atoms with Gasteiger partial charge in [0, 0.05) is 57.1 Å². The number of benzene rings is 1. The molecule has 2 rings (SSSR count). The third-order valence-corrected chi connectivity index (χ3v) is 6.92. The van der Waals surface area contributed by atoms with Gasteiger partial charge in [0.25, 0.3) is 11.6 Å². The number of rotatable bonds is 8. The van der Waals surface area contributed by atoms with E-state index in [1.54, 1.807) is 20.9 Å². The van der Waals surface area contributed by atoms with Gasteiger partial charge in [0.05, 0.1) is 4.92 Å². The highest BCUT2D eigenvalue weighted by Gasteiger charge is 2.26. The van der Waals surface area contributed by atoms with E-state index in [1.807, 2.05) is 0 Å². The van der Waals surface area contributed by atoms with Gasteiger partial charge in [0.2, 0.25) is 10.0 Å². The first-order valence-corrected chi connectivity index (χ1v) is 10.7. The second-order valence-electron chi connectivity index (χ2n) is 6.46. The number of nitrogens with zero attached hydrogens (tertiary/aromatic N) is 4. The summed E-state index contributed by atoms with van der Waals surface area (Å²) in [5.41, 5.74) is 0.471. The van der Waals surface area contributed by atoms with E-state index in [-0.39, 0.29) is 22.8 Å². The number of aromatic nitrogens is 1. The van der Waals surface area contributed by atoms with Crippen molar-refractivity contribution in [2.24, 2.45) is 7.05 Å². The van der Waals surface area contributed by atoms with Gasteiger partial charge in [-0.05, 0) is 17.7 Å². The topological polar surface area (TPSA) is 106 Å². The minimum Gasteiger partial charge on any atom is -0.345 e. The molecule has 158 valence electrons. The predicted octanol–water partition coefficient (Wildman–Crippen LogP) is 2.89. The Labute approximate surface area is 174 Å². The molecule has 1 aromatic carbocycles. The molecule has 0 fully saturated rings. The SMILES string of the molecule is CCN(CC)S(=O)(=O)c1cc(C(=O)N(C)Cc2cc([N+](=O)[O-])ccc2Cl)n(C)c1. The van der Waals surface area contributed by atoms with Gasteiger partial charge in [-0.15, -0.1) is 0 Å². The van der Waals surface area contributed by atoms with Crippen LogP contribution >= 0.6 is 11.6 Å². The van der Waals surface area contributed by atoms with Crippen molar-refractivity contribution < 1.29 is 18.1 Å². The molecule has 0 saturated carbocycles. The smallest absolute Gasteiger partial charge is 0.270 e. The fourth-order valence-corrected chi connectivity index (χ4v) is 4.63. The highest BCUT2D eigenvalue weighted by molar-refractivity contribution is 7.89. The van der Waals surface area contributed by atoms with E-state index in [4.69, 9.17) is 11.6 Å². The van der Waals surface area contributed by atoms with Crippen molar-refractivity contribution >= 4 is 33.2 Å². The number of halogens is 1. The van der Waals surface area contributed by atoms with Crippen LogP contribution in [0.25, 0.3) is 0 Å². The predicted molar refractivity (Wildman–Crippen MR) is 109 cm³/mol. The molecule has 11 heteroatoms. The Balaban J connectivity index is 2.31. The van der Waals surface area contributed by atoms with Gasteiger partial charge in [-0.3, -0.25) is 14.9 Å². The molecule has 2 aromatic rings. The lowest BCUT2D eigenvalue weighted by Gasteiger charge is -2.18. The molecule has 0 aliphatic carbocycles. The Morgan fingerprint density at radius 3 is 2.41 bits per heavy atom. The van der Waals surface area contributed by atoms with Gasteiger partial charge in [-0.2, -0.15) is 4.31 Å². The number of sulfonamides is 1. The standard InChI is InChI=1S/C18H23ClN4O5S/c1-5-22(6-2)29(27,28)15-10-17(20(3)12-15)18(24)21(4)11-13-9-14(23(25)26)7-8-16(13)19/h7-10,12H,5-6,11H2,1-4H3. The third kappa shape index (κ3) is 4.77. The molecule has 0 saturated heterocycles. The quantitative estimate of drug-likeness (QED) is 0.461.